The molecule has 0 spiro atoms. The van der Waals surface area contributed by atoms with Crippen LogP contribution in [0.2, 0.25) is 0 Å². The van der Waals surface area contributed by atoms with Crippen LogP contribution in [0.25, 0.3) is 0 Å². The molecule has 0 atom stereocenters. The normalized spacial score (nSPS) is 11.3. The van der Waals surface area contributed by atoms with Gasteiger partial charge < -0.3 is 14.2 Å². The van der Waals surface area contributed by atoms with Crippen molar-refractivity contribution in [2.45, 2.75) is 39.5 Å². The van der Waals surface area contributed by atoms with E-state index in [-0.39, 0.29) is 0 Å². The highest BCUT2D eigenvalue weighted by Gasteiger charge is 2.16. The van der Waals surface area contributed by atoms with Gasteiger partial charge in [-0.25, -0.2) is 0 Å². The first-order valence-corrected chi connectivity index (χ1v) is 9.10. The average molecular weight is 378 g/mol. The van der Waals surface area contributed by atoms with Crippen LogP contribution < -0.4 is 14.2 Å². The molecular formula is C18H26N4O3S. The fourth-order valence-corrected chi connectivity index (χ4v) is 2.91. The number of methoxy groups -OCH3 is 2. The Morgan fingerprint density at radius 2 is 1.81 bits per heavy atom. The van der Waals surface area contributed by atoms with Gasteiger partial charge in [0, 0.05) is 11.5 Å². The average Bonchev–Trinajstić information content (AvgIpc) is 3.02. The Morgan fingerprint density at radius 1 is 1.19 bits per heavy atom. The molecule has 1 aromatic carbocycles. The fraction of sp³-hybridized carbons (Fsp3) is 0.500. The van der Waals surface area contributed by atoms with Gasteiger partial charge in [0.15, 0.2) is 17.3 Å². The van der Waals surface area contributed by atoms with E-state index in [9.17, 15) is 0 Å². The number of nitrogens with one attached hydrogen (secondary N) is 1. The monoisotopic (exact) mass is 378 g/mol. The number of aromatic nitrogens is 3. The molecule has 0 aliphatic rings. The minimum absolute atomic E-state index is 0.296. The second kappa shape index (κ2) is 9.38. The van der Waals surface area contributed by atoms with E-state index in [0.29, 0.717) is 34.5 Å². The number of hydrogen-bond acceptors (Lipinski definition) is 6. The molecular weight excluding hydrogens is 352 g/mol. The van der Waals surface area contributed by atoms with Crippen molar-refractivity contribution in [1.29, 1.82) is 0 Å². The van der Waals surface area contributed by atoms with E-state index in [1.54, 1.807) is 25.1 Å². The van der Waals surface area contributed by atoms with E-state index in [4.69, 9.17) is 26.4 Å². The predicted molar refractivity (Wildman–Crippen MR) is 104 cm³/mol. The molecule has 26 heavy (non-hydrogen) atoms. The largest absolute Gasteiger partial charge is 0.493 e. The zero-order chi connectivity index (χ0) is 19.1. The van der Waals surface area contributed by atoms with Gasteiger partial charge in [0.25, 0.3) is 0 Å². The van der Waals surface area contributed by atoms with Gasteiger partial charge in [-0.2, -0.15) is 14.9 Å². The standard InChI is InChI=1S/C18H26N4O3S/c1-6-13(7-2)17-20-21-18(26)22(17)19-11-12-9-14(23-4)16(25-8-3)15(10-12)24-5/h9-11,13H,6-8H2,1-5H3,(H,21,26)/b19-11-. The van der Waals surface area contributed by atoms with Crippen LogP contribution in [0.1, 0.15) is 50.9 Å². The van der Waals surface area contributed by atoms with Crippen molar-refractivity contribution in [3.05, 3.63) is 28.3 Å². The number of benzene rings is 1. The summed E-state index contributed by atoms with van der Waals surface area (Å²) < 4.78 is 18.6. The molecule has 0 aliphatic carbocycles. The molecule has 0 amide bonds. The van der Waals surface area contributed by atoms with Gasteiger partial charge in [-0.3, -0.25) is 5.10 Å². The third-order valence-electron chi connectivity index (χ3n) is 4.12. The van der Waals surface area contributed by atoms with Crippen molar-refractivity contribution in [3.63, 3.8) is 0 Å². The van der Waals surface area contributed by atoms with Crippen LogP contribution in [-0.2, 0) is 0 Å². The highest BCUT2D eigenvalue weighted by Crippen LogP contribution is 2.38. The lowest BCUT2D eigenvalue weighted by atomic mass is 10.0. The van der Waals surface area contributed by atoms with Crippen LogP contribution in [-0.4, -0.2) is 41.9 Å². The molecule has 0 radical (unpaired) electrons. The van der Waals surface area contributed by atoms with Crippen LogP contribution in [0.4, 0.5) is 0 Å². The Morgan fingerprint density at radius 3 is 2.31 bits per heavy atom. The maximum absolute atomic E-state index is 5.62. The Hall–Kier alpha value is -2.35. The van der Waals surface area contributed by atoms with Crippen molar-refractivity contribution in [2.24, 2.45) is 5.10 Å². The first-order chi connectivity index (χ1) is 12.6. The third-order valence-corrected chi connectivity index (χ3v) is 4.38. The maximum atomic E-state index is 5.62. The highest BCUT2D eigenvalue weighted by molar-refractivity contribution is 7.71. The predicted octanol–water partition coefficient (Wildman–Crippen LogP) is 4.14. The van der Waals surface area contributed by atoms with E-state index < -0.39 is 0 Å². The van der Waals surface area contributed by atoms with Gasteiger partial charge in [0.1, 0.15) is 0 Å². The van der Waals surface area contributed by atoms with E-state index in [0.717, 1.165) is 24.2 Å². The Balaban J connectivity index is 2.43. The third kappa shape index (κ3) is 4.24. The minimum atomic E-state index is 0.296. The van der Waals surface area contributed by atoms with E-state index in [2.05, 4.69) is 29.1 Å². The number of ether oxygens (including phenoxy) is 3. The lowest BCUT2D eigenvalue weighted by molar-refractivity contribution is 0.288. The zero-order valence-electron chi connectivity index (χ0n) is 15.9. The smallest absolute Gasteiger partial charge is 0.216 e. The molecule has 0 fully saturated rings. The van der Waals surface area contributed by atoms with E-state index in [1.807, 2.05) is 19.1 Å². The second-order valence-electron chi connectivity index (χ2n) is 5.64. The van der Waals surface area contributed by atoms with Gasteiger partial charge in [-0.15, -0.1) is 0 Å². The number of H-pyrrole nitrogens is 1. The van der Waals surface area contributed by atoms with Crippen LogP contribution in [0, 0.1) is 4.77 Å². The maximum Gasteiger partial charge on any atom is 0.216 e. The van der Waals surface area contributed by atoms with Crippen molar-refractivity contribution in [3.8, 4) is 17.2 Å². The molecule has 2 rings (SSSR count). The summed E-state index contributed by atoms with van der Waals surface area (Å²) in [5.74, 6) is 2.88. The Labute approximate surface area is 159 Å². The summed E-state index contributed by atoms with van der Waals surface area (Å²) in [6, 6.07) is 3.69. The van der Waals surface area contributed by atoms with Crippen molar-refractivity contribution >= 4 is 18.4 Å². The summed E-state index contributed by atoms with van der Waals surface area (Å²) in [5, 5.41) is 11.7. The number of nitrogens with zero attached hydrogens (tertiary/aromatic N) is 3. The van der Waals surface area contributed by atoms with Crippen LogP contribution >= 0.6 is 12.2 Å². The summed E-state index contributed by atoms with van der Waals surface area (Å²) in [5.41, 5.74) is 0.806. The molecule has 142 valence electrons. The van der Waals surface area contributed by atoms with E-state index in [1.165, 1.54) is 0 Å². The van der Waals surface area contributed by atoms with Crippen molar-refractivity contribution in [1.82, 2.24) is 14.9 Å². The molecule has 0 saturated carbocycles. The Bertz CT molecular complexity index is 784. The molecule has 0 aliphatic heterocycles. The van der Waals surface area contributed by atoms with Crippen molar-refractivity contribution in [2.75, 3.05) is 20.8 Å². The van der Waals surface area contributed by atoms with Gasteiger partial charge in [0.2, 0.25) is 10.5 Å². The highest BCUT2D eigenvalue weighted by atomic mass is 32.1. The van der Waals surface area contributed by atoms with Gasteiger partial charge in [0.05, 0.1) is 27.0 Å². The van der Waals surface area contributed by atoms with E-state index >= 15 is 0 Å². The summed E-state index contributed by atoms with van der Waals surface area (Å²) in [6.07, 6.45) is 3.64. The summed E-state index contributed by atoms with van der Waals surface area (Å²) in [4.78, 5) is 0. The SMILES string of the molecule is CCOc1c(OC)cc(/C=N\n2c(C(CC)CC)n[nH]c2=S)cc1OC. The van der Waals surface area contributed by atoms with Gasteiger partial charge >= 0.3 is 0 Å². The quantitative estimate of drug-likeness (QED) is 0.524. The number of rotatable bonds is 9. The molecule has 1 N–H and O–H groups in total. The molecule has 1 heterocycles. The van der Waals surface area contributed by atoms with Gasteiger partial charge in [-0.1, -0.05) is 13.8 Å². The summed E-state index contributed by atoms with van der Waals surface area (Å²) >= 11 is 5.32. The Kier molecular flexibility index (Phi) is 7.20. The molecule has 0 saturated heterocycles. The minimum Gasteiger partial charge on any atom is -0.493 e. The summed E-state index contributed by atoms with van der Waals surface area (Å²) in [6.45, 7) is 6.68. The second-order valence-corrected chi connectivity index (χ2v) is 6.03. The fourth-order valence-electron chi connectivity index (χ4n) is 2.72. The lowest BCUT2D eigenvalue weighted by Crippen LogP contribution is -2.05. The first kappa shape index (κ1) is 20.0. The van der Waals surface area contributed by atoms with Crippen molar-refractivity contribution < 1.29 is 14.2 Å². The molecule has 7 nitrogen and oxygen atoms in total. The molecule has 1 aromatic heterocycles. The van der Waals surface area contributed by atoms with Crippen LogP contribution in [0.15, 0.2) is 17.2 Å². The molecule has 0 bridgehead atoms. The summed E-state index contributed by atoms with van der Waals surface area (Å²) in [7, 11) is 3.19. The molecule has 8 heteroatoms. The first-order valence-electron chi connectivity index (χ1n) is 8.69. The topological polar surface area (TPSA) is 73.7 Å². The molecule has 0 unspecified atom stereocenters. The lowest BCUT2D eigenvalue weighted by Gasteiger charge is -2.14. The number of hydrogen-bond donors (Lipinski definition) is 1. The van der Waals surface area contributed by atoms with Crippen LogP contribution in [0.5, 0.6) is 17.2 Å². The van der Waals surface area contributed by atoms with Crippen LogP contribution in [0.3, 0.4) is 0 Å². The number of aromatic amines is 1. The van der Waals surface area contributed by atoms with Gasteiger partial charge in [-0.05, 0) is 44.1 Å². The molecule has 2 aromatic rings. The zero-order valence-corrected chi connectivity index (χ0v) is 16.7.